The number of hydrogen-bond acceptors (Lipinski definition) is 4. The maximum atomic E-state index is 11.7. The number of rotatable bonds is 1. The summed E-state index contributed by atoms with van der Waals surface area (Å²) in [5.41, 5.74) is 0. The Balaban J connectivity index is 2.24. The zero-order valence-corrected chi connectivity index (χ0v) is 9.90. The van der Waals surface area contributed by atoms with Crippen molar-refractivity contribution in [2.24, 2.45) is 5.92 Å². The predicted molar refractivity (Wildman–Crippen MR) is 57.6 cm³/mol. The van der Waals surface area contributed by atoms with Gasteiger partial charge in [-0.1, -0.05) is 0 Å². The molecule has 2 rings (SSSR count). The first-order chi connectivity index (χ1) is 7.50. The van der Waals surface area contributed by atoms with Gasteiger partial charge in [-0.25, -0.2) is 4.79 Å². The van der Waals surface area contributed by atoms with Gasteiger partial charge >= 0.3 is 12.1 Å². The van der Waals surface area contributed by atoms with Crippen molar-refractivity contribution in [3.05, 3.63) is 0 Å². The molecule has 2 fully saturated rings. The summed E-state index contributed by atoms with van der Waals surface area (Å²) in [4.78, 5) is 24.9. The zero-order chi connectivity index (χ0) is 11.9. The maximum Gasteiger partial charge on any atom is 0.419 e. The molecule has 0 bridgehead atoms. The third kappa shape index (κ3) is 1.80. The third-order valence-electron chi connectivity index (χ3n) is 3.30. The van der Waals surface area contributed by atoms with Gasteiger partial charge in [0.25, 0.3) is 0 Å². The highest BCUT2D eigenvalue weighted by molar-refractivity contribution is 5.89. The van der Waals surface area contributed by atoms with Crippen LogP contribution < -0.4 is 5.32 Å². The summed E-state index contributed by atoms with van der Waals surface area (Å²) in [6.45, 7) is 5.92. The van der Waals surface area contributed by atoms with Crippen molar-refractivity contribution >= 4 is 12.1 Å². The summed E-state index contributed by atoms with van der Waals surface area (Å²) < 4.78 is 4.77. The fourth-order valence-corrected chi connectivity index (χ4v) is 2.46. The summed E-state index contributed by atoms with van der Waals surface area (Å²) in [5, 5.41) is 3.31. The van der Waals surface area contributed by atoms with E-state index < -0.39 is 6.09 Å². The number of nitrogens with zero attached hydrogens (tertiary/aromatic N) is 1. The van der Waals surface area contributed by atoms with E-state index in [2.05, 4.69) is 12.2 Å². The summed E-state index contributed by atoms with van der Waals surface area (Å²) in [5.74, 6) is -0.595. The minimum atomic E-state index is -0.525. The molecule has 0 radical (unpaired) electrons. The van der Waals surface area contributed by atoms with E-state index in [0.717, 1.165) is 12.8 Å². The van der Waals surface area contributed by atoms with E-state index in [1.54, 1.807) is 4.90 Å². The van der Waals surface area contributed by atoms with E-state index >= 15 is 0 Å². The first-order valence-corrected chi connectivity index (χ1v) is 5.80. The maximum absolute atomic E-state index is 11.7. The average Bonchev–Trinajstić information content (AvgIpc) is 2.15. The van der Waals surface area contributed by atoms with E-state index in [-0.39, 0.29) is 24.1 Å². The van der Waals surface area contributed by atoms with Crippen LogP contribution in [-0.4, -0.2) is 35.2 Å². The highest BCUT2D eigenvalue weighted by Crippen LogP contribution is 2.29. The molecule has 0 saturated carbocycles. The van der Waals surface area contributed by atoms with Crippen LogP contribution in [-0.2, 0) is 9.53 Å². The molecule has 90 valence electrons. The van der Waals surface area contributed by atoms with Crippen molar-refractivity contribution in [3.8, 4) is 0 Å². The van der Waals surface area contributed by atoms with E-state index in [9.17, 15) is 9.59 Å². The lowest BCUT2D eigenvalue weighted by atomic mass is 9.90. The number of nitrogens with one attached hydrogen (secondary N) is 1. The van der Waals surface area contributed by atoms with Gasteiger partial charge < -0.3 is 4.74 Å². The smallest absolute Gasteiger partial charge is 0.376 e. The quantitative estimate of drug-likeness (QED) is 0.537. The largest absolute Gasteiger partial charge is 0.419 e. The molecule has 2 heterocycles. The molecular weight excluding hydrogens is 208 g/mol. The number of cyclic esters (lactones) is 2. The molecule has 16 heavy (non-hydrogen) atoms. The Kier molecular flexibility index (Phi) is 2.88. The second kappa shape index (κ2) is 4.05. The topological polar surface area (TPSA) is 58.6 Å². The van der Waals surface area contributed by atoms with Gasteiger partial charge in [-0.3, -0.25) is 15.0 Å². The van der Waals surface area contributed by atoms with Crippen molar-refractivity contribution in [2.45, 2.75) is 51.9 Å². The molecule has 0 spiro atoms. The number of piperidine rings is 1. The number of esters is 1. The van der Waals surface area contributed by atoms with Crippen molar-refractivity contribution in [3.63, 3.8) is 0 Å². The van der Waals surface area contributed by atoms with Gasteiger partial charge in [0.1, 0.15) is 0 Å². The number of carbonyl (C=O) groups is 2. The summed E-state index contributed by atoms with van der Waals surface area (Å²) in [6.07, 6.45) is 1.00. The normalized spacial score (nSPS) is 35.0. The van der Waals surface area contributed by atoms with Crippen LogP contribution in [0.25, 0.3) is 0 Å². The highest BCUT2D eigenvalue weighted by Gasteiger charge is 2.46. The minimum absolute atomic E-state index is 0.0332. The van der Waals surface area contributed by atoms with Gasteiger partial charge in [0, 0.05) is 12.1 Å². The number of fused-ring (bicyclic) bond motifs is 1. The van der Waals surface area contributed by atoms with Gasteiger partial charge in [0.2, 0.25) is 0 Å². The number of ether oxygens (including phenoxy) is 1. The van der Waals surface area contributed by atoms with Crippen molar-refractivity contribution in [2.75, 3.05) is 0 Å². The molecule has 5 heteroatoms. The third-order valence-corrected chi connectivity index (χ3v) is 3.30. The van der Waals surface area contributed by atoms with Crippen molar-refractivity contribution in [1.29, 1.82) is 0 Å². The van der Waals surface area contributed by atoms with Crippen LogP contribution in [0.5, 0.6) is 0 Å². The molecule has 2 saturated heterocycles. The summed E-state index contributed by atoms with van der Waals surface area (Å²) in [6, 6.07) is 0.368. The van der Waals surface area contributed by atoms with E-state index in [4.69, 9.17) is 4.74 Å². The molecule has 0 aromatic heterocycles. The van der Waals surface area contributed by atoms with E-state index in [1.165, 1.54) is 0 Å². The fourth-order valence-electron chi connectivity index (χ4n) is 2.46. The Morgan fingerprint density at radius 3 is 2.69 bits per heavy atom. The van der Waals surface area contributed by atoms with Crippen LogP contribution in [0, 0.1) is 5.92 Å². The molecule has 1 amide bonds. The van der Waals surface area contributed by atoms with Gasteiger partial charge in [-0.05, 0) is 33.6 Å². The Morgan fingerprint density at radius 1 is 1.38 bits per heavy atom. The monoisotopic (exact) mass is 226 g/mol. The van der Waals surface area contributed by atoms with Crippen LogP contribution >= 0.6 is 0 Å². The molecule has 2 aliphatic heterocycles. The van der Waals surface area contributed by atoms with Crippen LogP contribution in [0.15, 0.2) is 0 Å². The van der Waals surface area contributed by atoms with Crippen LogP contribution in [0.2, 0.25) is 0 Å². The predicted octanol–water partition coefficient (Wildman–Crippen LogP) is 1.09. The SMILES string of the molecule is CC1CCC2C(=O)OC(=O)N(C(C)C)C2N1. The van der Waals surface area contributed by atoms with Gasteiger partial charge in [-0.2, -0.15) is 0 Å². The lowest BCUT2D eigenvalue weighted by molar-refractivity contribution is -0.155. The molecule has 0 aliphatic carbocycles. The molecule has 3 unspecified atom stereocenters. The highest BCUT2D eigenvalue weighted by atomic mass is 16.6. The van der Waals surface area contributed by atoms with Crippen LogP contribution in [0.3, 0.4) is 0 Å². The summed E-state index contributed by atoms with van der Waals surface area (Å²) >= 11 is 0. The molecule has 0 aromatic rings. The second-order valence-corrected chi connectivity index (χ2v) is 4.88. The molecule has 1 N–H and O–H groups in total. The molecule has 2 aliphatic rings. The zero-order valence-electron chi connectivity index (χ0n) is 9.90. The number of amides is 1. The minimum Gasteiger partial charge on any atom is -0.376 e. The molecule has 5 nitrogen and oxygen atoms in total. The fraction of sp³-hybridized carbons (Fsp3) is 0.818. The standard InChI is InChI=1S/C11H18N2O3/c1-6(2)13-9-8(5-4-7(3)12-9)10(14)16-11(13)15/h6-9,12H,4-5H2,1-3H3. The van der Waals surface area contributed by atoms with Crippen molar-refractivity contribution in [1.82, 2.24) is 10.2 Å². The Bertz CT molecular complexity index is 316. The summed E-state index contributed by atoms with van der Waals surface area (Å²) in [7, 11) is 0. The van der Waals surface area contributed by atoms with Gasteiger partial charge in [0.05, 0.1) is 12.1 Å². The Hall–Kier alpha value is -1.10. The number of carbonyl (C=O) groups excluding carboxylic acids is 2. The second-order valence-electron chi connectivity index (χ2n) is 4.88. The van der Waals surface area contributed by atoms with Gasteiger partial charge in [0.15, 0.2) is 0 Å². The Labute approximate surface area is 95.1 Å². The van der Waals surface area contributed by atoms with E-state index in [1.807, 2.05) is 13.8 Å². The van der Waals surface area contributed by atoms with Crippen LogP contribution in [0.1, 0.15) is 33.6 Å². The first-order valence-electron chi connectivity index (χ1n) is 5.80. The molecule has 3 atom stereocenters. The first kappa shape index (κ1) is 11.4. The van der Waals surface area contributed by atoms with Gasteiger partial charge in [-0.15, -0.1) is 0 Å². The van der Waals surface area contributed by atoms with Crippen LogP contribution in [0.4, 0.5) is 4.79 Å². The van der Waals surface area contributed by atoms with E-state index in [0.29, 0.717) is 6.04 Å². The number of hydrogen-bond donors (Lipinski definition) is 1. The lowest BCUT2D eigenvalue weighted by Crippen LogP contribution is -2.65. The molecular formula is C11H18N2O3. The lowest BCUT2D eigenvalue weighted by Gasteiger charge is -2.45. The average molecular weight is 226 g/mol. The van der Waals surface area contributed by atoms with Crippen molar-refractivity contribution < 1.29 is 14.3 Å². The Morgan fingerprint density at radius 2 is 2.06 bits per heavy atom. The molecule has 0 aromatic carbocycles.